The predicted molar refractivity (Wildman–Crippen MR) is 88.5 cm³/mol. The van der Waals surface area contributed by atoms with Gasteiger partial charge in [-0.25, -0.2) is 0 Å². The Morgan fingerprint density at radius 3 is 2.71 bits per heavy atom. The summed E-state index contributed by atoms with van der Waals surface area (Å²) in [6.07, 6.45) is 7.09. The Bertz CT molecular complexity index is 862. The summed E-state index contributed by atoms with van der Waals surface area (Å²) in [6, 6.07) is 11.5. The summed E-state index contributed by atoms with van der Waals surface area (Å²) >= 11 is 0. The van der Waals surface area contributed by atoms with Gasteiger partial charge in [0.2, 0.25) is 0 Å². The zero-order valence-electron chi connectivity index (χ0n) is 12.5. The van der Waals surface area contributed by atoms with Gasteiger partial charge in [0.15, 0.2) is 0 Å². The largest absolute Gasteiger partial charge is 0.0683 e. The second-order valence-corrected chi connectivity index (χ2v) is 6.84. The van der Waals surface area contributed by atoms with E-state index in [0.29, 0.717) is 5.92 Å². The minimum absolute atomic E-state index is 0.612. The van der Waals surface area contributed by atoms with Crippen molar-refractivity contribution in [3.63, 3.8) is 0 Å². The number of hydrogen-bond donors (Lipinski definition) is 0. The fourth-order valence-corrected chi connectivity index (χ4v) is 4.19. The van der Waals surface area contributed by atoms with Gasteiger partial charge in [-0.15, -0.1) is 0 Å². The van der Waals surface area contributed by atoms with Crippen molar-refractivity contribution in [2.75, 3.05) is 0 Å². The fourth-order valence-electron chi connectivity index (χ4n) is 4.19. The zero-order chi connectivity index (χ0) is 14.1. The molecule has 3 aliphatic carbocycles. The Hall–Kier alpha value is -2.08. The van der Waals surface area contributed by atoms with Crippen molar-refractivity contribution in [3.05, 3.63) is 80.4 Å². The van der Waals surface area contributed by atoms with Crippen molar-refractivity contribution >= 4 is 12.2 Å². The Morgan fingerprint density at radius 1 is 0.905 bits per heavy atom. The van der Waals surface area contributed by atoms with Crippen LogP contribution in [0.15, 0.2) is 41.5 Å². The average molecular weight is 270 g/mol. The van der Waals surface area contributed by atoms with Crippen LogP contribution in [0.2, 0.25) is 0 Å². The molecule has 0 N–H and O–H groups in total. The Labute approximate surface area is 125 Å². The first-order valence-corrected chi connectivity index (χ1v) is 7.83. The summed E-state index contributed by atoms with van der Waals surface area (Å²) in [5.41, 5.74) is 13.7. The van der Waals surface area contributed by atoms with Crippen molar-refractivity contribution in [2.45, 2.75) is 32.6 Å². The normalized spacial score (nSPS) is 20.6. The molecule has 2 aromatic carbocycles. The minimum atomic E-state index is 0.612. The molecular weight excluding hydrogens is 252 g/mol. The summed E-state index contributed by atoms with van der Waals surface area (Å²) in [5, 5.41) is 0. The molecule has 0 saturated carbocycles. The molecule has 3 aliphatic rings. The van der Waals surface area contributed by atoms with Crippen molar-refractivity contribution < 1.29 is 0 Å². The summed E-state index contributed by atoms with van der Waals surface area (Å²) < 4.78 is 0. The highest BCUT2D eigenvalue weighted by Gasteiger charge is 2.40. The smallest absolute Gasteiger partial charge is 0.0314 e. The van der Waals surface area contributed by atoms with Crippen LogP contribution >= 0.6 is 0 Å². The lowest BCUT2D eigenvalue weighted by atomic mass is 10.0. The molecule has 0 heteroatoms. The molecule has 102 valence electrons. The Kier molecular flexibility index (Phi) is 2.07. The predicted octanol–water partition coefficient (Wildman–Crippen LogP) is 5.04. The first kappa shape index (κ1) is 11.6. The summed E-state index contributed by atoms with van der Waals surface area (Å²) in [5.74, 6) is 0.612. The van der Waals surface area contributed by atoms with Crippen LogP contribution in [0.3, 0.4) is 0 Å². The van der Waals surface area contributed by atoms with E-state index in [2.05, 4.69) is 56.3 Å². The Balaban J connectivity index is 1.53. The lowest BCUT2D eigenvalue weighted by Crippen LogP contribution is -1.88. The average Bonchev–Trinajstić information content (AvgIpc) is 2.84. The van der Waals surface area contributed by atoms with Crippen LogP contribution in [0.1, 0.15) is 51.8 Å². The second-order valence-electron chi connectivity index (χ2n) is 6.84. The number of benzene rings is 2. The van der Waals surface area contributed by atoms with Crippen molar-refractivity contribution in [1.82, 2.24) is 0 Å². The zero-order valence-corrected chi connectivity index (χ0v) is 12.5. The van der Waals surface area contributed by atoms with Crippen LogP contribution in [0.25, 0.3) is 12.2 Å². The van der Waals surface area contributed by atoms with E-state index in [4.69, 9.17) is 0 Å². The molecule has 0 amide bonds. The van der Waals surface area contributed by atoms with Gasteiger partial charge in [-0.1, -0.05) is 59.2 Å². The summed E-state index contributed by atoms with van der Waals surface area (Å²) in [6.45, 7) is 4.43. The van der Waals surface area contributed by atoms with Crippen molar-refractivity contribution in [1.29, 1.82) is 0 Å². The van der Waals surface area contributed by atoms with Gasteiger partial charge >= 0.3 is 0 Å². The van der Waals surface area contributed by atoms with Gasteiger partial charge in [-0.3, -0.25) is 0 Å². The molecular formula is C21H18. The van der Waals surface area contributed by atoms with E-state index < -0.39 is 0 Å². The lowest BCUT2D eigenvalue weighted by Gasteiger charge is -2.01. The molecule has 21 heavy (non-hydrogen) atoms. The molecule has 0 fully saturated rings. The summed E-state index contributed by atoms with van der Waals surface area (Å²) in [7, 11) is 0. The molecule has 5 rings (SSSR count). The van der Waals surface area contributed by atoms with Crippen LogP contribution < -0.4 is 0 Å². The van der Waals surface area contributed by atoms with E-state index >= 15 is 0 Å². The van der Waals surface area contributed by atoms with Gasteiger partial charge in [0, 0.05) is 5.92 Å². The summed E-state index contributed by atoms with van der Waals surface area (Å²) in [4.78, 5) is 0. The van der Waals surface area contributed by atoms with Gasteiger partial charge < -0.3 is 0 Å². The molecule has 0 radical (unpaired) electrons. The highest BCUT2D eigenvalue weighted by atomic mass is 14.4. The van der Waals surface area contributed by atoms with Gasteiger partial charge in [0.05, 0.1) is 0 Å². The molecule has 2 aromatic rings. The van der Waals surface area contributed by atoms with Gasteiger partial charge in [-0.2, -0.15) is 0 Å². The third-order valence-electron chi connectivity index (χ3n) is 5.21. The second kappa shape index (κ2) is 3.76. The molecule has 0 nitrogen and oxygen atoms in total. The van der Waals surface area contributed by atoms with Gasteiger partial charge in [-0.05, 0) is 60.1 Å². The monoisotopic (exact) mass is 270 g/mol. The third-order valence-corrected chi connectivity index (χ3v) is 5.21. The maximum atomic E-state index is 2.44. The number of fused-ring (bicyclic) bond motifs is 4. The van der Waals surface area contributed by atoms with E-state index in [1.807, 2.05) is 0 Å². The SMILES string of the molecule is CC1=Cc2ccc3c(c2C1)C3C1=Cc2cc(C)ccc2C1. The maximum absolute atomic E-state index is 2.44. The number of aryl methyl sites for hydroxylation is 1. The number of rotatable bonds is 1. The van der Waals surface area contributed by atoms with Gasteiger partial charge in [0.25, 0.3) is 0 Å². The molecule has 0 bridgehead atoms. The Morgan fingerprint density at radius 2 is 1.81 bits per heavy atom. The van der Waals surface area contributed by atoms with Crippen LogP contribution in [-0.4, -0.2) is 0 Å². The highest BCUT2D eigenvalue weighted by Crippen LogP contribution is 2.55. The van der Waals surface area contributed by atoms with Crippen molar-refractivity contribution in [2.24, 2.45) is 0 Å². The molecule has 0 saturated heterocycles. The molecule has 0 heterocycles. The first-order chi connectivity index (χ1) is 10.2. The molecule has 0 spiro atoms. The van der Waals surface area contributed by atoms with E-state index in [0.717, 1.165) is 12.8 Å². The van der Waals surface area contributed by atoms with E-state index in [9.17, 15) is 0 Å². The van der Waals surface area contributed by atoms with Gasteiger partial charge in [0.1, 0.15) is 0 Å². The molecule has 0 aliphatic heterocycles. The number of allylic oxidation sites excluding steroid dienone is 2. The quantitative estimate of drug-likeness (QED) is 0.681. The van der Waals surface area contributed by atoms with Crippen LogP contribution in [0.4, 0.5) is 0 Å². The standard InChI is InChI=1S/C21H18/c1-12-3-4-14-10-17(11-16(14)7-12)20-18-6-5-15-8-13(2)9-19(15)21(18)20/h3-8,11,20H,9-10H2,1-2H3. The molecule has 1 unspecified atom stereocenters. The van der Waals surface area contributed by atoms with Crippen LogP contribution in [0.5, 0.6) is 0 Å². The van der Waals surface area contributed by atoms with E-state index in [1.165, 1.54) is 27.8 Å². The topological polar surface area (TPSA) is 0 Å². The van der Waals surface area contributed by atoms with Crippen LogP contribution in [-0.2, 0) is 12.8 Å². The van der Waals surface area contributed by atoms with Crippen LogP contribution in [0, 0.1) is 6.92 Å². The fraction of sp³-hybridized carbons (Fsp3) is 0.238. The van der Waals surface area contributed by atoms with Crippen molar-refractivity contribution in [3.8, 4) is 0 Å². The third kappa shape index (κ3) is 1.56. The maximum Gasteiger partial charge on any atom is 0.0314 e. The van der Waals surface area contributed by atoms with E-state index in [-0.39, 0.29) is 0 Å². The first-order valence-electron chi connectivity index (χ1n) is 7.83. The lowest BCUT2D eigenvalue weighted by molar-refractivity contribution is 1.05. The highest BCUT2D eigenvalue weighted by molar-refractivity contribution is 5.78. The minimum Gasteiger partial charge on any atom is -0.0683 e. The number of hydrogen-bond acceptors (Lipinski definition) is 0. The van der Waals surface area contributed by atoms with E-state index in [1.54, 1.807) is 22.3 Å². The molecule has 0 aromatic heterocycles. The molecule has 1 atom stereocenters.